The Hall–Kier alpha value is -2.25. The number of carbonyl (C=O) groups excluding carboxylic acids is 1. The fraction of sp³-hybridized carbons (Fsp3) is 0.400. The third-order valence-electron chi connectivity index (χ3n) is 3.39. The first-order valence-electron chi connectivity index (χ1n) is 7.10. The Labute approximate surface area is 128 Å². The molecule has 2 rings (SSSR count). The number of amides is 1. The van der Waals surface area contributed by atoms with Gasteiger partial charge in [-0.3, -0.25) is 4.79 Å². The Morgan fingerprint density at radius 2 is 2.00 bits per heavy atom. The van der Waals surface area contributed by atoms with E-state index in [2.05, 4.69) is 15.5 Å². The van der Waals surface area contributed by atoms with Gasteiger partial charge in [-0.1, -0.05) is 6.07 Å². The summed E-state index contributed by atoms with van der Waals surface area (Å²) in [5.74, 6) is -0.410. The first kappa shape index (κ1) is 16.1. The molecule has 0 aliphatic heterocycles. The molecule has 0 fully saturated rings. The van der Waals surface area contributed by atoms with E-state index in [0.29, 0.717) is 13.0 Å². The number of nitrogens with zero attached hydrogens (tertiary/aromatic N) is 3. The maximum atomic E-state index is 12.0. The van der Waals surface area contributed by atoms with Crippen LogP contribution >= 0.6 is 0 Å². The van der Waals surface area contributed by atoms with Crippen LogP contribution in [0.2, 0.25) is 0 Å². The highest BCUT2D eigenvalue weighted by atomic mass is 16.3. The molecule has 0 unspecified atom stereocenters. The van der Waals surface area contributed by atoms with Crippen LogP contribution in [0.4, 0.5) is 0 Å². The van der Waals surface area contributed by atoms with Crippen LogP contribution in [0, 0.1) is 13.8 Å². The fourth-order valence-corrected chi connectivity index (χ4v) is 1.95. The summed E-state index contributed by atoms with van der Waals surface area (Å²) in [5, 5.41) is 29.1. The van der Waals surface area contributed by atoms with Crippen LogP contribution in [0.15, 0.2) is 18.2 Å². The Balaban J connectivity index is 2.27. The van der Waals surface area contributed by atoms with Gasteiger partial charge < -0.3 is 15.5 Å². The quantitative estimate of drug-likeness (QED) is 0.674. The second-order valence-corrected chi connectivity index (χ2v) is 5.04. The SMILES string of the molecule is Cc1ccc(-n2nc(CO)c(C(=O)NCCCO)n2)cc1C. The Morgan fingerprint density at radius 3 is 2.64 bits per heavy atom. The van der Waals surface area contributed by atoms with Crippen molar-refractivity contribution in [2.24, 2.45) is 0 Å². The van der Waals surface area contributed by atoms with Crippen LogP contribution < -0.4 is 5.32 Å². The third-order valence-corrected chi connectivity index (χ3v) is 3.39. The number of carbonyl (C=O) groups is 1. The van der Waals surface area contributed by atoms with Gasteiger partial charge in [-0.05, 0) is 43.5 Å². The number of hydrogen-bond donors (Lipinski definition) is 3. The molecular formula is C15H20N4O3. The zero-order valence-corrected chi connectivity index (χ0v) is 12.7. The second kappa shape index (κ2) is 7.15. The van der Waals surface area contributed by atoms with E-state index < -0.39 is 5.91 Å². The summed E-state index contributed by atoms with van der Waals surface area (Å²) in [6, 6.07) is 5.73. The molecule has 0 saturated heterocycles. The topological polar surface area (TPSA) is 100 Å². The molecular weight excluding hydrogens is 284 g/mol. The lowest BCUT2D eigenvalue weighted by Gasteiger charge is -2.03. The second-order valence-electron chi connectivity index (χ2n) is 5.04. The van der Waals surface area contributed by atoms with Crippen LogP contribution in [0.3, 0.4) is 0 Å². The minimum atomic E-state index is -0.410. The van der Waals surface area contributed by atoms with E-state index in [1.54, 1.807) is 0 Å². The van der Waals surface area contributed by atoms with Gasteiger partial charge >= 0.3 is 0 Å². The Kier molecular flexibility index (Phi) is 5.24. The predicted molar refractivity (Wildman–Crippen MR) is 80.8 cm³/mol. The zero-order chi connectivity index (χ0) is 16.1. The summed E-state index contributed by atoms with van der Waals surface area (Å²) in [6.07, 6.45) is 0.464. The summed E-state index contributed by atoms with van der Waals surface area (Å²) in [7, 11) is 0. The smallest absolute Gasteiger partial charge is 0.273 e. The van der Waals surface area contributed by atoms with Gasteiger partial charge in [0.15, 0.2) is 5.69 Å². The van der Waals surface area contributed by atoms with Gasteiger partial charge in [-0.25, -0.2) is 0 Å². The normalized spacial score (nSPS) is 10.7. The van der Waals surface area contributed by atoms with Gasteiger partial charge in [0.2, 0.25) is 0 Å². The van der Waals surface area contributed by atoms with Crippen LogP contribution in [0.1, 0.15) is 33.7 Å². The van der Waals surface area contributed by atoms with E-state index in [4.69, 9.17) is 5.11 Å². The van der Waals surface area contributed by atoms with Gasteiger partial charge in [0.05, 0.1) is 12.3 Å². The number of aliphatic hydroxyl groups is 2. The van der Waals surface area contributed by atoms with Crippen molar-refractivity contribution in [1.29, 1.82) is 0 Å². The highest BCUT2D eigenvalue weighted by Crippen LogP contribution is 2.14. The number of benzene rings is 1. The minimum Gasteiger partial charge on any atom is -0.396 e. The summed E-state index contributed by atoms with van der Waals surface area (Å²) in [6.45, 7) is 3.97. The van der Waals surface area contributed by atoms with E-state index in [-0.39, 0.29) is 24.6 Å². The molecule has 118 valence electrons. The lowest BCUT2D eigenvalue weighted by atomic mass is 10.1. The van der Waals surface area contributed by atoms with Gasteiger partial charge in [0.25, 0.3) is 5.91 Å². The maximum Gasteiger partial charge on any atom is 0.273 e. The Morgan fingerprint density at radius 1 is 1.23 bits per heavy atom. The standard InChI is InChI=1S/C15H20N4O3/c1-10-4-5-12(8-11(10)2)19-17-13(9-21)14(18-19)15(22)16-6-3-7-20/h4-5,8,20-21H,3,6-7,9H2,1-2H3,(H,16,22). The summed E-state index contributed by atoms with van der Waals surface area (Å²) < 4.78 is 0. The largest absolute Gasteiger partial charge is 0.396 e. The number of nitrogens with one attached hydrogen (secondary N) is 1. The number of hydrogen-bond acceptors (Lipinski definition) is 5. The lowest BCUT2D eigenvalue weighted by molar-refractivity contribution is 0.0942. The highest BCUT2D eigenvalue weighted by Gasteiger charge is 2.18. The average molecular weight is 304 g/mol. The van der Waals surface area contributed by atoms with Crippen molar-refractivity contribution in [2.75, 3.05) is 13.2 Å². The molecule has 0 radical (unpaired) electrons. The molecule has 3 N–H and O–H groups in total. The number of rotatable bonds is 6. The first-order chi connectivity index (χ1) is 10.6. The highest BCUT2D eigenvalue weighted by molar-refractivity contribution is 5.93. The predicted octanol–water partition coefficient (Wildman–Crippen LogP) is 0.489. The average Bonchev–Trinajstić information content (AvgIpc) is 2.94. The maximum absolute atomic E-state index is 12.0. The molecule has 0 spiro atoms. The molecule has 7 heteroatoms. The zero-order valence-electron chi connectivity index (χ0n) is 12.7. The molecule has 1 aromatic carbocycles. The molecule has 0 aliphatic carbocycles. The van der Waals surface area contributed by atoms with Crippen molar-refractivity contribution in [3.8, 4) is 5.69 Å². The van der Waals surface area contributed by atoms with Crippen molar-refractivity contribution < 1.29 is 15.0 Å². The van der Waals surface area contributed by atoms with Gasteiger partial charge in [-0.15, -0.1) is 10.2 Å². The molecule has 1 heterocycles. The van der Waals surface area contributed by atoms with Crippen molar-refractivity contribution in [3.63, 3.8) is 0 Å². The van der Waals surface area contributed by atoms with Crippen molar-refractivity contribution in [3.05, 3.63) is 40.7 Å². The first-order valence-corrected chi connectivity index (χ1v) is 7.10. The number of aryl methyl sites for hydroxylation is 2. The fourth-order valence-electron chi connectivity index (χ4n) is 1.95. The molecule has 0 saturated carbocycles. The van der Waals surface area contributed by atoms with Gasteiger partial charge in [0.1, 0.15) is 5.69 Å². The molecule has 0 bridgehead atoms. The van der Waals surface area contributed by atoms with E-state index in [9.17, 15) is 9.90 Å². The molecule has 1 aromatic heterocycles. The third kappa shape index (κ3) is 3.49. The van der Waals surface area contributed by atoms with Crippen molar-refractivity contribution in [1.82, 2.24) is 20.3 Å². The van der Waals surface area contributed by atoms with Crippen LogP contribution in [-0.4, -0.2) is 44.3 Å². The molecule has 0 aliphatic rings. The summed E-state index contributed by atoms with van der Waals surface area (Å²) in [5.41, 5.74) is 3.29. The van der Waals surface area contributed by atoms with E-state index in [1.165, 1.54) is 4.80 Å². The van der Waals surface area contributed by atoms with E-state index in [0.717, 1.165) is 16.8 Å². The minimum absolute atomic E-state index is 0.00245. The van der Waals surface area contributed by atoms with Crippen molar-refractivity contribution >= 4 is 5.91 Å². The van der Waals surface area contributed by atoms with Gasteiger partial charge in [0, 0.05) is 13.2 Å². The van der Waals surface area contributed by atoms with E-state index >= 15 is 0 Å². The lowest BCUT2D eigenvalue weighted by Crippen LogP contribution is -2.26. The Bertz CT molecular complexity index is 667. The summed E-state index contributed by atoms with van der Waals surface area (Å²) in [4.78, 5) is 13.4. The monoisotopic (exact) mass is 304 g/mol. The van der Waals surface area contributed by atoms with E-state index in [1.807, 2.05) is 32.0 Å². The molecule has 1 amide bonds. The molecule has 2 aromatic rings. The molecule has 22 heavy (non-hydrogen) atoms. The number of aliphatic hydroxyl groups excluding tert-OH is 2. The van der Waals surface area contributed by atoms with Crippen LogP contribution in [-0.2, 0) is 6.61 Å². The van der Waals surface area contributed by atoms with Crippen molar-refractivity contribution in [2.45, 2.75) is 26.9 Å². The molecule has 0 atom stereocenters. The van der Waals surface area contributed by atoms with Crippen LogP contribution in [0.25, 0.3) is 5.69 Å². The molecule has 7 nitrogen and oxygen atoms in total. The summed E-state index contributed by atoms with van der Waals surface area (Å²) >= 11 is 0. The van der Waals surface area contributed by atoms with Gasteiger partial charge in [-0.2, -0.15) is 4.80 Å². The number of aromatic nitrogens is 3. The van der Waals surface area contributed by atoms with Crippen LogP contribution in [0.5, 0.6) is 0 Å².